The number of amides is 1. The lowest BCUT2D eigenvalue weighted by Crippen LogP contribution is -2.35. The quantitative estimate of drug-likeness (QED) is 0.345. The Morgan fingerprint density at radius 2 is 1.58 bits per heavy atom. The summed E-state index contributed by atoms with van der Waals surface area (Å²) in [6.45, 7) is 1.79. The van der Waals surface area contributed by atoms with Crippen LogP contribution in [0.3, 0.4) is 0 Å². The fourth-order valence-electron chi connectivity index (χ4n) is 4.77. The average Bonchev–Trinajstić information content (AvgIpc) is 2.93. The first-order valence-corrected chi connectivity index (χ1v) is 12.2. The van der Waals surface area contributed by atoms with Crippen LogP contribution in [0, 0.1) is 0 Å². The van der Waals surface area contributed by atoms with Crippen molar-refractivity contribution in [2.45, 2.75) is 19.0 Å². The second kappa shape index (κ2) is 11.1. The maximum Gasteiger partial charge on any atom is 0.262 e. The van der Waals surface area contributed by atoms with E-state index in [1.54, 1.807) is 19.2 Å². The van der Waals surface area contributed by atoms with Crippen molar-refractivity contribution in [2.75, 3.05) is 25.6 Å². The molecule has 1 heterocycles. The first-order chi connectivity index (χ1) is 17.7. The van der Waals surface area contributed by atoms with E-state index in [2.05, 4.69) is 83.0 Å². The molecule has 1 aliphatic heterocycles. The van der Waals surface area contributed by atoms with Gasteiger partial charge in [-0.1, -0.05) is 66.7 Å². The van der Waals surface area contributed by atoms with Gasteiger partial charge in [-0.05, 0) is 65.1 Å². The van der Waals surface area contributed by atoms with Crippen LogP contribution in [0.2, 0.25) is 0 Å². The second-order valence-corrected chi connectivity index (χ2v) is 8.95. The number of ether oxygens (including phenoxy) is 2. The summed E-state index contributed by atoms with van der Waals surface area (Å²) in [5.74, 6) is 1.23. The van der Waals surface area contributed by atoms with Crippen molar-refractivity contribution in [1.82, 2.24) is 4.90 Å². The van der Waals surface area contributed by atoms with E-state index in [0.29, 0.717) is 11.4 Å². The summed E-state index contributed by atoms with van der Waals surface area (Å²) in [7, 11) is 1.61. The number of fused-ring (bicyclic) bond motifs is 1. The second-order valence-electron chi connectivity index (χ2n) is 8.95. The number of anilines is 1. The smallest absolute Gasteiger partial charge is 0.262 e. The maximum absolute atomic E-state index is 12.5. The van der Waals surface area contributed by atoms with Gasteiger partial charge >= 0.3 is 0 Å². The molecule has 4 aromatic carbocycles. The van der Waals surface area contributed by atoms with E-state index in [1.165, 1.54) is 22.3 Å². The van der Waals surface area contributed by atoms with Crippen LogP contribution >= 0.6 is 0 Å². The van der Waals surface area contributed by atoms with Crippen LogP contribution in [-0.2, 0) is 17.8 Å². The maximum atomic E-state index is 12.5. The number of hydrogen-bond donors (Lipinski definition) is 1. The van der Waals surface area contributed by atoms with Gasteiger partial charge in [0.1, 0.15) is 11.5 Å². The first kappa shape index (κ1) is 23.6. The van der Waals surface area contributed by atoms with Gasteiger partial charge < -0.3 is 14.8 Å². The Balaban J connectivity index is 1.34. The minimum absolute atomic E-state index is 0.0610. The Morgan fingerprint density at radius 3 is 2.31 bits per heavy atom. The van der Waals surface area contributed by atoms with Crippen molar-refractivity contribution in [2.24, 2.45) is 0 Å². The third-order valence-corrected chi connectivity index (χ3v) is 6.53. The Labute approximate surface area is 212 Å². The summed E-state index contributed by atoms with van der Waals surface area (Å²) in [4.78, 5) is 15.0. The molecule has 1 unspecified atom stereocenters. The first-order valence-electron chi connectivity index (χ1n) is 12.2. The highest BCUT2D eigenvalue weighted by Gasteiger charge is 2.29. The van der Waals surface area contributed by atoms with Gasteiger partial charge in [-0.25, -0.2) is 0 Å². The summed E-state index contributed by atoms with van der Waals surface area (Å²) in [5, 5.41) is 2.87. The van der Waals surface area contributed by atoms with Crippen molar-refractivity contribution in [3.05, 3.63) is 125 Å². The van der Waals surface area contributed by atoms with Crippen LogP contribution in [0.4, 0.5) is 5.69 Å². The molecule has 0 fully saturated rings. The van der Waals surface area contributed by atoms with Crippen LogP contribution in [-0.4, -0.2) is 31.1 Å². The van der Waals surface area contributed by atoms with Crippen molar-refractivity contribution in [3.8, 4) is 11.5 Å². The van der Waals surface area contributed by atoms with E-state index in [9.17, 15) is 4.79 Å². The number of nitrogens with zero attached hydrogens (tertiary/aromatic N) is 1. The Morgan fingerprint density at radius 1 is 0.889 bits per heavy atom. The molecular weight excluding hydrogens is 448 g/mol. The normalized spacial score (nSPS) is 15.1. The van der Waals surface area contributed by atoms with Crippen LogP contribution in [0.5, 0.6) is 11.5 Å². The molecule has 4 aromatic rings. The molecule has 1 N–H and O–H groups in total. The van der Waals surface area contributed by atoms with Crippen LogP contribution in [0.15, 0.2) is 103 Å². The molecule has 1 aliphatic rings. The standard InChI is InChI=1S/C31H30N2O3/c1-35-27-16-13-26(14-17-27)32-30(34)22-36-28-15-12-24-18-19-33(21-23-8-4-2-5-9-23)31(29(24)20-28)25-10-6-3-7-11-25/h2-17,20,31H,18-19,21-22H2,1H3,(H,32,34). The monoisotopic (exact) mass is 478 g/mol. The molecule has 0 aliphatic carbocycles. The number of carbonyl (C=O) groups is 1. The number of nitrogens with one attached hydrogen (secondary N) is 1. The predicted molar refractivity (Wildman–Crippen MR) is 142 cm³/mol. The summed E-state index contributed by atoms with van der Waals surface area (Å²) < 4.78 is 11.1. The molecule has 0 radical (unpaired) electrons. The van der Waals surface area contributed by atoms with Gasteiger partial charge in [0.15, 0.2) is 6.61 Å². The van der Waals surface area contributed by atoms with E-state index in [1.807, 2.05) is 18.2 Å². The van der Waals surface area contributed by atoms with Gasteiger partial charge in [-0.15, -0.1) is 0 Å². The van der Waals surface area contributed by atoms with E-state index in [-0.39, 0.29) is 18.6 Å². The number of hydrogen-bond acceptors (Lipinski definition) is 4. The third-order valence-electron chi connectivity index (χ3n) is 6.53. The van der Waals surface area contributed by atoms with E-state index >= 15 is 0 Å². The van der Waals surface area contributed by atoms with Crippen molar-refractivity contribution < 1.29 is 14.3 Å². The highest BCUT2D eigenvalue weighted by Crippen LogP contribution is 2.38. The molecule has 5 heteroatoms. The molecular formula is C31H30N2O3. The lowest BCUT2D eigenvalue weighted by molar-refractivity contribution is -0.118. The zero-order chi connectivity index (χ0) is 24.7. The summed E-state index contributed by atoms with van der Waals surface area (Å²) in [6, 6.07) is 34.8. The molecule has 5 nitrogen and oxygen atoms in total. The number of carbonyl (C=O) groups excluding carboxylic acids is 1. The molecule has 0 saturated carbocycles. The van der Waals surface area contributed by atoms with Gasteiger partial charge in [0.2, 0.25) is 0 Å². The molecule has 0 aromatic heterocycles. The lowest BCUT2D eigenvalue weighted by atomic mass is 9.87. The SMILES string of the molecule is COc1ccc(NC(=O)COc2ccc3c(c2)C(c2ccccc2)N(Cc2ccccc2)CC3)cc1. The van der Waals surface area contributed by atoms with Crippen molar-refractivity contribution >= 4 is 11.6 Å². The largest absolute Gasteiger partial charge is 0.497 e. The molecule has 0 spiro atoms. The van der Waals surface area contributed by atoms with E-state index in [4.69, 9.17) is 9.47 Å². The van der Waals surface area contributed by atoms with Gasteiger partial charge in [-0.3, -0.25) is 9.69 Å². The average molecular weight is 479 g/mol. The fourth-order valence-corrected chi connectivity index (χ4v) is 4.77. The lowest BCUT2D eigenvalue weighted by Gasteiger charge is -2.38. The van der Waals surface area contributed by atoms with Crippen LogP contribution in [0.25, 0.3) is 0 Å². The highest BCUT2D eigenvalue weighted by molar-refractivity contribution is 5.91. The Hall–Kier alpha value is -4.09. The number of methoxy groups -OCH3 is 1. The molecule has 0 bridgehead atoms. The predicted octanol–water partition coefficient (Wildman–Crippen LogP) is 5.86. The zero-order valence-electron chi connectivity index (χ0n) is 20.4. The summed E-state index contributed by atoms with van der Waals surface area (Å²) in [5.41, 5.74) is 5.81. The fraction of sp³-hybridized carbons (Fsp3) is 0.194. The van der Waals surface area contributed by atoms with Gasteiger partial charge in [0, 0.05) is 18.8 Å². The van der Waals surface area contributed by atoms with E-state index in [0.717, 1.165) is 25.3 Å². The third kappa shape index (κ3) is 5.58. The minimum atomic E-state index is -0.205. The topological polar surface area (TPSA) is 50.8 Å². The molecule has 36 heavy (non-hydrogen) atoms. The molecule has 1 amide bonds. The molecule has 182 valence electrons. The summed E-state index contributed by atoms with van der Waals surface area (Å²) >= 11 is 0. The molecule has 5 rings (SSSR count). The number of benzene rings is 4. The zero-order valence-corrected chi connectivity index (χ0v) is 20.4. The Kier molecular flexibility index (Phi) is 7.29. The highest BCUT2D eigenvalue weighted by atomic mass is 16.5. The summed E-state index contributed by atoms with van der Waals surface area (Å²) in [6.07, 6.45) is 0.976. The van der Waals surface area contributed by atoms with Gasteiger partial charge in [-0.2, -0.15) is 0 Å². The van der Waals surface area contributed by atoms with Crippen LogP contribution < -0.4 is 14.8 Å². The van der Waals surface area contributed by atoms with Gasteiger partial charge in [0.25, 0.3) is 5.91 Å². The van der Waals surface area contributed by atoms with E-state index < -0.39 is 0 Å². The number of rotatable bonds is 8. The van der Waals surface area contributed by atoms with Crippen molar-refractivity contribution in [1.29, 1.82) is 0 Å². The Bertz CT molecular complexity index is 1290. The molecule has 0 saturated heterocycles. The van der Waals surface area contributed by atoms with Gasteiger partial charge in [0.05, 0.1) is 13.2 Å². The van der Waals surface area contributed by atoms with Crippen molar-refractivity contribution in [3.63, 3.8) is 0 Å². The van der Waals surface area contributed by atoms with Crippen LogP contribution in [0.1, 0.15) is 28.3 Å². The molecule has 1 atom stereocenters. The minimum Gasteiger partial charge on any atom is -0.497 e.